The van der Waals surface area contributed by atoms with E-state index < -0.39 is 68.7 Å². The summed E-state index contributed by atoms with van der Waals surface area (Å²) in [7, 11) is 0. The molecule has 0 unspecified atom stereocenters. The van der Waals surface area contributed by atoms with E-state index in [1.807, 2.05) is 0 Å². The molecule has 0 aliphatic rings. The Balaban J connectivity index is 0.00000264. The lowest BCUT2D eigenvalue weighted by Gasteiger charge is -2.11. The van der Waals surface area contributed by atoms with Gasteiger partial charge < -0.3 is 10.2 Å². The van der Waals surface area contributed by atoms with Crippen LogP contribution in [0.5, 0.6) is 0 Å². The minimum absolute atomic E-state index is 0. The molecule has 0 aliphatic carbocycles. The molecule has 0 aliphatic heterocycles. The van der Waals surface area contributed by atoms with Gasteiger partial charge in [0.2, 0.25) is 0 Å². The van der Waals surface area contributed by atoms with Crippen LogP contribution in [0.15, 0.2) is 0 Å². The number of fused-ring (bicyclic) bond motifs is 1. The van der Waals surface area contributed by atoms with Crippen molar-refractivity contribution in [3.8, 4) is 0 Å². The molecule has 2 aromatic rings. The monoisotopic (exact) mass is 360 g/mol. The van der Waals surface area contributed by atoms with Crippen molar-refractivity contribution in [3.05, 3.63) is 46.0 Å². The maximum Gasteiger partial charge on any atom is 0.341 e. The zero-order valence-electron chi connectivity index (χ0n) is 10.4. The first kappa shape index (κ1) is 18.6. The highest BCUT2D eigenvalue weighted by Crippen LogP contribution is 2.34. The van der Waals surface area contributed by atoms with Gasteiger partial charge in [-0.1, -0.05) is 0 Å². The summed E-state index contributed by atoms with van der Waals surface area (Å²) in [6.45, 7) is 0. The van der Waals surface area contributed by atoms with Crippen LogP contribution >= 0.6 is 12.4 Å². The van der Waals surface area contributed by atoms with Crippen LogP contribution in [0.4, 0.5) is 26.3 Å². The van der Waals surface area contributed by atoms with Crippen LogP contribution < -0.4 is 0 Å². The van der Waals surface area contributed by atoms with Crippen molar-refractivity contribution in [1.29, 1.82) is 0 Å². The quantitative estimate of drug-likeness (QED) is 0.635. The first-order valence-corrected chi connectivity index (χ1v) is 5.24. The summed E-state index contributed by atoms with van der Waals surface area (Å²) in [6.07, 6.45) is 0. The smallest absolute Gasteiger partial charge is 0.341 e. The van der Waals surface area contributed by atoms with E-state index in [9.17, 15) is 35.9 Å². The Kier molecular flexibility index (Phi) is 4.80. The Morgan fingerprint density at radius 3 is 1.04 bits per heavy atom. The molecule has 0 atom stereocenters. The molecule has 124 valence electrons. The van der Waals surface area contributed by atoms with Gasteiger partial charge in [0.05, 0.1) is 10.8 Å². The van der Waals surface area contributed by atoms with Crippen LogP contribution in [0, 0.1) is 34.9 Å². The number of rotatable bonds is 2. The molecule has 23 heavy (non-hydrogen) atoms. The zero-order chi connectivity index (χ0) is 16.9. The topological polar surface area (TPSA) is 74.6 Å². The SMILES string of the molecule is Cl.O=C(O)c1c(F)c(F)c2c(F)c(C(=O)O)c(F)c(F)c2c1F. The average molecular weight is 361 g/mol. The Bertz CT molecular complexity index is 796. The van der Waals surface area contributed by atoms with Crippen molar-refractivity contribution >= 4 is 35.1 Å². The normalized spacial score (nSPS) is 10.5. The molecule has 0 bridgehead atoms. The predicted molar refractivity (Wildman–Crippen MR) is 64.9 cm³/mol. The first-order chi connectivity index (χ1) is 10.1. The minimum atomic E-state index is -2.38. The summed E-state index contributed by atoms with van der Waals surface area (Å²) < 4.78 is 81.9. The summed E-state index contributed by atoms with van der Waals surface area (Å²) in [5, 5.41) is 13.4. The number of hydrogen-bond acceptors (Lipinski definition) is 2. The number of benzene rings is 2. The molecule has 0 spiro atoms. The van der Waals surface area contributed by atoms with Gasteiger partial charge in [0.1, 0.15) is 11.1 Å². The fourth-order valence-electron chi connectivity index (χ4n) is 1.89. The molecule has 0 saturated carbocycles. The molecule has 0 fully saturated rings. The van der Waals surface area contributed by atoms with E-state index in [0.29, 0.717) is 0 Å². The van der Waals surface area contributed by atoms with Crippen molar-refractivity contribution in [1.82, 2.24) is 0 Å². The molecular weight excluding hydrogens is 358 g/mol. The van der Waals surface area contributed by atoms with Crippen LogP contribution in [0.2, 0.25) is 0 Å². The molecule has 0 aromatic heterocycles. The lowest BCUT2D eigenvalue weighted by molar-refractivity contribution is 0.0672. The minimum Gasteiger partial charge on any atom is -0.477 e. The number of aromatic carboxylic acids is 2. The molecule has 2 N–H and O–H groups in total. The van der Waals surface area contributed by atoms with Crippen molar-refractivity contribution in [2.24, 2.45) is 0 Å². The maximum atomic E-state index is 13.8. The Morgan fingerprint density at radius 2 is 0.826 bits per heavy atom. The van der Waals surface area contributed by atoms with Crippen molar-refractivity contribution in [3.63, 3.8) is 0 Å². The van der Waals surface area contributed by atoms with E-state index in [4.69, 9.17) is 10.2 Å². The van der Waals surface area contributed by atoms with Gasteiger partial charge in [-0.15, -0.1) is 12.4 Å². The molecular formula is C12H3ClF6O4. The molecule has 2 rings (SSSR count). The molecule has 2 aromatic carbocycles. The summed E-state index contributed by atoms with van der Waals surface area (Å²) in [4.78, 5) is 21.3. The Labute approximate surface area is 128 Å². The van der Waals surface area contributed by atoms with Crippen molar-refractivity contribution in [2.75, 3.05) is 0 Å². The van der Waals surface area contributed by atoms with E-state index in [1.165, 1.54) is 0 Å². The molecule has 4 nitrogen and oxygen atoms in total. The van der Waals surface area contributed by atoms with Gasteiger partial charge in [-0.25, -0.2) is 35.9 Å². The Hall–Kier alpha value is -2.49. The molecule has 0 saturated heterocycles. The number of carboxylic acids is 2. The van der Waals surface area contributed by atoms with E-state index >= 15 is 0 Å². The fraction of sp³-hybridized carbons (Fsp3) is 0. The van der Waals surface area contributed by atoms with Gasteiger partial charge in [-0.2, -0.15) is 0 Å². The van der Waals surface area contributed by atoms with Gasteiger partial charge >= 0.3 is 11.9 Å². The maximum absolute atomic E-state index is 13.8. The molecule has 0 amide bonds. The zero-order valence-corrected chi connectivity index (χ0v) is 11.2. The van der Waals surface area contributed by atoms with Gasteiger partial charge in [0, 0.05) is 0 Å². The Morgan fingerprint density at radius 1 is 0.565 bits per heavy atom. The second-order valence-electron chi connectivity index (χ2n) is 3.99. The van der Waals surface area contributed by atoms with Crippen molar-refractivity contribution < 1.29 is 46.1 Å². The highest BCUT2D eigenvalue weighted by Gasteiger charge is 2.34. The highest BCUT2D eigenvalue weighted by molar-refractivity contribution is 6.00. The van der Waals surface area contributed by atoms with Gasteiger partial charge in [0.15, 0.2) is 34.9 Å². The number of hydrogen-bond donors (Lipinski definition) is 2. The number of carboxylic acid groups (broad SMARTS) is 2. The highest BCUT2D eigenvalue weighted by atomic mass is 35.5. The molecule has 0 heterocycles. The van der Waals surface area contributed by atoms with Crippen LogP contribution in [-0.4, -0.2) is 22.2 Å². The summed E-state index contributed by atoms with van der Waals surface area (Å²) >= 11 is 0. The lowest BCUT2D eigenvalue weighted by Crippen LogP contribution is -2.14. The van der Waals surface area contributed by atoms with Crippen LogP contribution in [0.25, 0.3) is 10.8 Å². The standard InChI is InChI=1S/C12H2F6O4.ClH/c13-5-1-2(8(16)10(18)3(5)11(19)20)6(14)4(12(21)22)9(17)7(1)15;/h(H,19,20)(H,21,22);1H. The van der Waals surface area contributed by atoms with Gasteiger partial charge in [-0.3, -0.25) is 0 Å². The summed E-state index contributed by atoms with van der Waals surface area (Å²) in [5.74, 6) is -18.7. The second kappa shape index (κ2) is 5.95. The number of halogens is 7. The van der Waals surface area contributed by atoms with E-state index in [-0.39, 0.29) is 12.4 Å². The second-order valence-corrected chi connectivity index (χ2v) is 3.99. The van der Waals surface area contributed by atoms with Crippen LogP contribution in [0.3, 0.4) is 0 Å². The average Bonchev–Trinajstić information content (AvgIpc) is 2.39. The third-order valence-corrected chi connectivity index (χ3v) is 2.82. The summed E-state index contributed by atoms with van der Waals surface area (Å²) in [5.41, 5.74) is -3.93. The first-order valence-electron chi connectivity index (χ1n) is 5.24. The summed E-state index contributed by atoms with van der Waals surface area (Å²) in [6, 6.07) is 0. The van der Waals surface area contributed by atoms with Gasteiger partial charge in [0.25, 0.3) is 0 Å². The van der Waals surface area contributed by atoms with Crippen LogP contribution in [-0.2, 0) is 0 Å². The van der Waals surface area contributed by atoms with E-state index in [1.54, 1.807) is 0 Å². The fourth-order valence-corrected chi connectivity index (χ4v) is 1.89. The van der Waals surface area contributed by atoms with E-state index in [0.717, 1.165) is 0 Å². The van der Waals surface area contributed by atoms with Crippen LogP contribution in [0.1, 0.15) is 20.7 Å². The number of carbonyl (C=O) groups is 2. The molecule has 11 heteroatoms. The molecule has 0 radical (unpaired) electrons. The van der Waals surface area contributed by atoms with Crippen molar-refractivity contribution in [2.45, 2.75) is 0 Å². The third kappa shape index (κ3) is 2.44. The largest absolute Gasteiger partial charge is 0.477 e. The van der Waals surface area contributed by atoms with E-state index in [2.05, 4.69) is 0 Å². The predicted octanol–water partition coefficient (Wildman–Crippen LogP) is 3.49. The van der Waals surface area contributed by atoms with Gasteiger partial charge in [-0.05, 0) is 0 Å². The third-order valence-electron chi connectivity index (χ3n) is 2.82. The lowest BCUT2D eigenvalue weighted by atomic mass is 10.00.